The maximum Gasteiger partial charge on any atom is 0.222 e. The summed E-state index contributed by atoms with van der Waals surface area (Å²) in [6, 6.07) is 8.52. The number of carbonyl (C=O) groups excluding carboxylic acids is 1. The summed E-state index contributed by atoms with van der Waals surface area (Å²) in [5.41, 5.74) is 2.57. The van der Waals surface area contributed by atoms with Crippen LogP contribution in [0.5, 0.6) is 0 Å². The predicted molar refractivity (Wildman–Crippen MR) is 80.5 cm³/mol. The summed E-state index contributed by atoms with van der Waals surface area (Å²) in [6.07, 6.45) is 4.55. The summed E-state index contributed by atoms with van der Waals surface area (Å²) in [5.74, 6) is 0.528. The number of likely N-dealkylation sites (tertiary alicyclic amines) is 1. The maximum absolute atomic E-state index is 12.1. The van der Waals surface area contributed by atoms with E-state index in [4.69, 9.17) is 0 Å². The number of benzene rings is 1. The van der Waals surface area contributed by atoms with Crippen molar-refractivity contribution >= 4 is 5.91 Å². The second-order valence-electron chi connectivity index (χ2n) is 5.87. The van der Waals surface area contributed by atoms with Crippen LogP contribution in [-0.4, -0.2) is 35.6 Å². The minimum atomic E-state index is 0.202. The number of hydrogen-bond donors (Lipinski definition) is 1. The second kappa shape index (κ2) is 7.44. The molecule has 0 spiro atoms. The highest BCUT2D eigenvalue weighted by molar-refractivity contribution is 5.76. The van der Waals surface area contributed by atoms with Gasteiger partial charge >= 0.3 is 0 Å². The Hall–Kier alpha value is -1.35. The van der Waals surface area contributed by atoms with Crippen LogP contribution in [0, 0.1) is 12.8 Å². The van der Waals surface area contributed by atoms with E-state index >= 15 is 0 Å². The average Bonchev–Trinajstić information content (AvgIpc) is 2.49. The largest absolute Gasteiger partial charge is 0.396 e. The molecule has 1 amide bonds. The Kier molecular flexibility index (Phi) is 5.60. The second-order valence-corrected chi connectivity index (χ2v) is 5.87. The molecule has 0 aromatic heterocycles. The molecule has 1 fully saturated rings. The lowest BCUT2D eigenvalue weighted by Crippen LogP contribution is -2.40. The normalized spacial score (nSPS) is 19.1. The quantitative estimate of drug-likeness (QED) is 0.897. The van der Waals surface area contributed by atoms with Crippen LogP contribution in [0.15, 0.2) is 24.3 Å². The van der Waals surface area contributed by atoms with Crippen LogP contribution in [0.2, 0.25) is 0 Å². The number of piperidine rings is 1. The summed E-state index contributed by atoms with van der Waals surface area (Å²) in [7, 11) is 0. The Morgan fingerprint density at radius 3 is 2.80 bits per heavy atom. The standard InChI is InChI=1S/C17H25NO2/c1-14-7-9-15(10-8-14)4-2-6-17(20)18-11-3-5-16(12-18)13-19/h7-10,16,19H,2-6,11-13H2,1H3. The van der Waals surface area contributed by atoms with Gasteiger partial charge in [0.05, 0.1) is 0 Å². The highest BCUT2D eigenvalue weighted by Gasteiger charge is 2.22. The zero-order valence-electron chi connectivity index (χ0n) is 12.3. The molecule has 1 atom stereocenters. The van der Waals surface area contributed by atoms with Crippen LogP contribution in [0.25, 0.3) is 0 Å². The average molecular weight is 275 g/mol. The molecule has 1 aliphatic rings. The number of aliphatic hydroxyl groups is 1. The van der Waals surface area contributed by atoms with Gasteiger partial charge < -0.3 is 10.0 Å². The van der Waals surface area contributed by atoms with Gasteiger partial charge in [-0.1, -0.05) is 29.8 Å². The minimum Gasteiger partial charge on any atom is -0.396 e. The third kappa shape index (κ3) is 4.34. The third-order valence-electron chi connectivity index (χ3n) is 4.11. The van der Waals surface area contributed by atoms with Crippen LogP contribution in [-0.2, 0) is 11.2 Å². The van der Waals surface area contributed by atoms with Crippen molar-refractivity contribution in [3.63, 3.8) is 0 Å². The molecule has 1 aromatic carbocycles. The van der Waals surface area contributed by atoms with E-state index in [1.54, 1.807) is 0 Å². The van der Waals surface area contributed by atoms with Crippen LogP contribution in [0.1, 0.15) is 36.8 Å². The fraction of sp³-hybridized carbons (Fsp3) is 0.588. The number of aliphatic hydroxyl groups excluding tert-OH is 1. The Balaban J connectivity index is 1.73. The molecule has 3 nitrogen and oxygen atoms in total. The van der Waals surface area contributed by atoms with Crippen molar-refractivity contribution in [3.05, 3.63) is 35.4 Å². The van der Waals surface area contributed by atoms with Crippen molar-refractivity contribution < 1.29 is 9.90 Å². The van der Waals surface area contributed by atoms with Gasteiger partial charge in [-0.2, -0.15) is 0 Å². The molecule has 110 valence electrons. The van der Waals surface area contributed by atoms with Crippen molar-refractivity contribution in [1.29, 1.82) is 0 Å². The van der Waals surface area contributed by atoms with E-state index in [1.807, 2.05) is 4.90 Å². The fourth-order valence-corrected chi connectivity index (χ4v) is 2.80. The molecule has 1 aliphatic heterocycles. The van der Waals surface area contributed by atoms with Crippen molar-refractivity contribution in [2.45, 2.75) is 39.0 Å². The zero-order valence-corrected chi connectivity index (χ0v) is 12.3. The highest BCUT2D eigenvalue weighted by Crippen LogP contribution is 2.17. The topological polar surface area (TPSA) is 40.5 Å². The smallest absolute Gasteiger partial charge is 0.222 e. The number of nitrogens with zero attached hydrogens (tertiary/aromatic N) is 1. The van der Waals surface area contributed by atoms with E-state index in [0.29, 0.717) is 6.42 Å². The van der Waals surface area contributed by atoms with Gasteiger partial charge in [0.15, 0.2) is 0 Å². The van der Waals surface area contributed by atoms with E-state index in [9.17, 15) is 9.90 Å². The molecule has 1 saturated heterocycles. The lowest BCUT2D eigenvalue weighted by molar-refractivity contribution is -0.133. The first-order chi connectivity index (χ1) is 9.69. The lowest BCUT2D eigenvalue weighted by atomic mass is 9.98. The molecule has 0 radical (unpaired) electrons. The van der Waals surface area contributed by atoms with E-state index in [0.717, 1.165) is 38.8 Å². The van der Waals surface area contributed by atoms with Gasteiger partial charge in [-0.3, -0.25) is 4.79 Å². The molecule has 1 heterocycles. The summed E-state index contributed by atoms with van der Waals surface area (Å²) in [5, 5.41) is 9.20. The molecule has 1 N–H and O–H groups in total. The van der Waals surface area contributed by atoms with Crippen LogP contribution < -0.4 is 0 Å². The van der Waals surface area contributed by atoms with E-state index in [-0.39, 0.29) is 18.4 Å². The summed E-state index contributed by atoms with van der Waals surface area (Å²) in [6.45, 7) is 3.88. The summed E-state index contributed by atoms with van der Waals surface area (Å²) < 4.78 is 0. The van der Waals surface area contributed by atoms with E-state index in [2.05, 4.69) is 31.2 Å². The van der Waals surface area contributed by atoms with Crippen LogP contribution in [0.3, 0.4) is 0 Å². The molecule has 3 heteroatoms. The van der Waals surface area contributed by atoms with Crippen LogP contribution in [0.4, 0.5) is 0 Å². The SMILES string of the molecule is Cc1ccc(CCCC(=O)N2CCCC(CO)C2)cc1. The molecule has 1 aromatic rings. The Labute approximate surface area is 121 Å². The molecular formula is C17H25NO2. The van der Waals surface area contributed by atoms with Gasteiger partial charge in [0.25, 0.3) is 0 Å². The summed E-state index contributed by atoms with van der Waals surface area (Å²) in [4.78, 5) is 14.1. The number of aryl methyl sites for hydroxylation is 2. The number of hydrogen-bond acceptors (Lipinski definition) is 2. The predicted octanol–water partition coefficient (Wildman–Crippen LogP) is 2.55. The molecular weight excluding hydrogens is 250 g/mol. The van der Waals surface area contributed by atoms with Gasteiger partial charge in [-0.05, 0) is 44.1 Å². The van der Waals surface area contributed by atoms with E-state index < -0.39 is 0 Å². The summed E-state index contributed by atoms with van der Waals surface area (Å²) >= 11 is 0. The third-order valence-corrected chi connectivity index (χ3v) is 4.11. The molecule has 20 heavy (non-hydrogen) atoms. The van der Waals surface area contributed by atoms with Crippen molar-refractivity contribution in [2.24, 2.45) is 5.92 Å². The fourth-order valence-electron chi connectivity index (χ4n) is 2.80. The minimum absolute atomic E-state index is 0.202. The number of amides is 1. The Morgan fingerprint density at radius 1 is 1.35 bits per heavy atom. The van der Waals surface area contributed by atoms with Crippen molar-refractivity contribution in [1.82, 2.24) is 4.90 Å². The first-order valence-electron chi connectivity index (χ1n) is 7.63. The monoisotopic (exact) mass is 275 g/mol. The lowest BCUT2D eigenvalue weighted by Gasteiger charge is -2.32. The first-order valence-corrected chi connectivity index (χ1v) is 7.63. The Bertz CT molecular complexity index is 427. The number of carbonyl (C=O) groups is 1. The van der Waals surface area contributed by atoms with Crippen molar-refractivity contribution in [3.8, 4) is 0 Å². The first kappa shape index (κ1) is 15.0. The molecule has 0 aliphatic carbocycles. The highest BCUT2D eigenvalue weighted by atomic mass is 16.3. The van der Waals surface area contributed by atoms with E-state index in [1.165, 1.54) is 11.1 Å². The van der Waals surface area contributed by atoms with Gasteiger partial charge in [0.2, 0.25) is 5.91 Å². The van der Waals surface area contributed by atoms with Crippen LogP contribution >= 0.6 is 0 Å². The van der Waals surface area contributed by atoms with Gasteiger partial charge in [0.1, 0.15) is 0 Å². The molecule has 1 unspecified atom stereocenters. The Morgan fingerprint density at radius 2 is 2.10 bits per heavy atom. The van der Waals surface area contributed by atoms with Gasteiger partial charge in [-0.15, -0.1) is 0 Å². The zero-order chi connectivity index (χ0) is 14.4. The molecule has 0 bridgehead atoms. The van der Waals surface area contributed by atoms with Gasteiger partial charge in [-0.25, -0.2) is 0 Å². The number of rotatable bonds is 5. The van der Waals surface area contributed by atoms with Gasteiger partial charge in [0, 0.05) is 26.1 Å². The maximum atomic E-state index is 12.1. The molecule has 2 rings (SSSR count). The molecule has 0 saturated carbocycles. The van der Waals surface area contributed by atoms with Crippen molar-refractivity contribution in [2.75, 3.05) is 19.7 Å².